The van der Waals surface area contributed by atoms with Crippen molar-refractivity contribution in [3.05, 3.63) is 117 Å². The molecule has 0 N–H and O–H groups in total. The maximum Gasteiger partial charge on any atom is 0.0691 e. The van der Waals surface area contributed by atoms with Gasteiger partial charge in [0.1, 0.15) is 0 Å². The molecule has 0 aromatic heterocycles. The smallest absolute Gasteiger partial charge is 0.0691 e. The second-order valence-electron chi connectivity index (χ2n) is 11.0. The van der Waals surface area contributed by atoms with Gasteiger partial charge in [-0.15, -0.1) is 0 Å². The van der Waals surface area contributed by atoms with Gasteiger partial charge in [0.15, 0.2) is 0 Å². The Morgan fingerprint density at radius 2 is 0.605 bits per heavy atom. The van der Waals surface area contributed by atoms with Crippen LogP contribution in [0.3, 0.4) is 0 Å². The van der Waals surface area contributed by atoms with E-state index in [-0.39, 0.29) is 16.5 Å². The van der Waals surface area contributed by atoms with E-state index in [9.17, 15) is 0 Å². The summed E-state index contributed by atoms with van der Waals surface area (Å²) in [5.41, 5.74) is 15.5. The Morgan fingerprint density at radius 3 is 0.837 bits per heavy atom. The van der Waals surface area contributed by atoms with E-state index in [4.69, 9.17) is 9.98 Å². The molecule has 4 rings (SSSR count). The topological polar surface area (TPSA) is 49.4 Å². The van der Waals surface area contributed by atoms with E-state index in [1.165, 1.54) is 44.5 Å². The fraction of sp³-hybridized carbons (Fsp3) is 0.263. The van der Waals surface area contributed by atoms with Crippen molar-refractivity contribution in [3.63, 3.8) is 0 Å². The van der Waals surface area contributed by atoms with Crippen molar-refractivity contribution in [2.75, 3.05) is 0 Å². The molecule has 0 heterocycles. The van der Waals surface area contributed by atoms with Crippen molar-refractivity contribution in [1.29, 1.82) is 0 Å². The van der Waals surface area contributed by atoms with Gasteiger partial charge in [-0.05, 0) is 114 Å². The molecular formula is C38H44N4Ni. The number of hydrogen-bond donors (Lipinski definition) is 0. The van der Waals surface area contributed by atoms with Crippen LogP contribution >= 0.6 is 0 Å². The van der Waals surface area contributed by atoms with E-state index in [1.54, 1.807) is 0 Å². The Balaban J connectivity index is 0.000000293. The standard InChI is InChI=1S/2C19H22N2.Ni/c2*1-13-8-6-9-14(2)18(13)20-12-17(5)21-19-15(3)10-7-11-16(19)4;/h2*6-12H,1-5H3;. The van der Waals surface area contributed by atoms with Crippen molar-refractivity contribution in [2.45, 2.75) is 69.2 Å². The van der Waals surface area contributed by atoms with Gasteiger partial charge in [0, 0.05) is 28.9 Å². The molecule has 0 amide bonds. The third-order valence-electron chi connectivity index (χ3n) is 7.10. The summed E-state index contributed by atoms with van der Waals surface area (Å²) in [6.45, 7) is 20.6. The minimum Gasteiger partial charge on any atom is -0.254 e. The van der Waals surface area contributed by atoms with Gasteiger partial charge in [0.25, 0.3) is 0 Å². The van der Waals surface area contributed by atoms with Crippen molar-refractivity contribution in [1.82, 2.24) is 0 Å². The van der Waals surface area contributed by atoms with Crippen LogP contribution in [-0.2, 0) is 16.5 Å². The van der Waals surface area contributed by atoms with Crippen molar-refractivity contribution in [2.24, 2.45) is 20.0 Å². The maximum absolute atomic E-state index is 4.70. The number of nitrogens with zero attached hydrogens (tertiary/aromatic N) is 4. The predicted octanol–water partition coefficient (Wildman–Crippen LogP) is 10.8. The molecule has 0 bridgehead atoms. The zero-order chi connectivity index (χ0) is 30.8. The average Bonchev–Trinajstić information content (AvgIpc) is 2.93. The number of para-hydroxylation sites is 4. The first kappa shape index (κ1) is 35.3. The largest absolute Gasteiger partial charge is 0.254 e. The molecule has 0 radical (unpaired) electrons. The van der Waals surface area contributed by atoms with Gasteiger partial charge >= 0.3 is 0 Å². The summed E-state index contributed by atoms with van der Waals surface area (Å²) in [5.74, 6) is 0. The zero-order valence-electron chi connectivity index (χ0n) is 27.2. The first-order chi connectivity index (χ1) is 20.0. The van der Waals surface area contributed by atoms with E-state index >= 15 is 0 Å². The number of hydrogen-bond acceptors (Lipinski definition) is 4. The molecule has 5 heteroatoms. The van der Waals surface area contributed by atoms with Crippen molar-refractivity contribution >= 4 is 46.6 Å². The van der Waals surface area contributed by atoms with Gasteiger partial charge < -0.3 is 0 Å². The number of rotatable bonds is 6. The number of benzene rings is 4. The summed E-state index contributed by atoms with van der Waals surface area (Å²) in [6, 6.07) is 24.9. The average molecular weight is 615 g/mol. The Hall–Kier alpha value is -3.95. The Morgan fingerprint density at radius 1 is 0.395 bits per heavy atom. The molecule has 0 fully saturated rings. The second-order valence-corrected chi connectivity index (χ2v) is 11.0. The molecule has 0 aliphatic heterocycles. The SMILES string of the molecule is CC(C=Nc1c(C)cccc1C)=Nc1c(C)cccc1C.CC(C=Nc1c(C)cccc1C)=Nc1c(C)cccc1C.[Ni]. The van der Waals surface area contributed by atoms with Crippen molar-refractivity contribution < 1.29 is 16.5 Å². The van der Waals surface area contributed by atoms with E-state index in [1.807, 2.05) is 26.3 Å². The Kier molecular flexibility index (Phi) is 13.6. The van der Waals surface area contributed by atoms with Crippen LogP contribution in [-0.4, -0.2) is 23.9 Å². The van der Waals surface area contributed by atoms with Crippen LogP contribution in [0, 0.1) is 55.4 Å². The second kappa shape index (κ2) is 16.6. The predicted molar refractivity (Wildman–Crippen MR) is 186 cm³/mol. The van der Waals surface area contributed by atoms with Crippen LogP contribution in [0.4, 0.5) is 22.7 Å². The van der Waals surface area contributed by atoms with Crippen LogP contribution < -0.4 is 0 Å². The summed E-state index contributed by atoms with van der Waals surface area (Å²) in [5, 5.41) is 0. The molecule has 4 nitrogen and oxygen atoms in total. The van der Waals surface area contributed by atoms with Crippen LogP contribution in [0.1, 0.15) is 58.4 Å². The minimum atomic E-state index is 0. The van der Waals surface area contributed by atoms with E-state index in [2.05, 4.69) is 138 Å². The molecule has 4 aromatic rings. The van der Waals surface area contributed by atoms with Gasteiger partial charge in [0.2, 0.25) is 0 Å². The summed E-state index contributed by atoms with van der Waals surface area (Å²) in [4.78, 5) is 18.6. The summed E-state index contributed by atoms with van der Waals surface area (Å²) in [7, 11) is 0. The molecule has 4 aromatic carbocycles. The molecule has 43 heavy (non-hydrogen) atoms. The molecule has 0 aliphatic carbocycles. The monoisotopic (exact) mass is 614 g/mol. The number of aryl methyl sites for hydroxylation is 8. The first-order valence-corrected chi connectivity index (χ1v) is 14.4. The van der Waals surface area contributed by atoms with Gasteiger partial charge in [0.05, 0.1) is 34.2 Å². The zero-order valence-corrected chi connectivity index (χ0v) is 28.2. The third kappa shape index (κ3) is 10.1. The van der Waals surface area contributed by atoms with Gasteiger partial charge in [-0.2, -0.15) is 0 Å². The molecule has 0 saturated heterocycles. The fourth-order valence-electron chi connectivity index (χ4n) is 4.71. The summed E-state index contributed by atoms with van der Waals surface area (Å²) < 4.78 is 0. The van der Waals surface area contributed by atoms with E-state index < -0.39 is 0 Å². The van der Waals surface area contributed by atoms with Gasteiger partial charge in [-0.25, -0.2) is 0 Å². The Labute approximate surface area is 268 Å². The molecule has 0 unspecified atom stereocenters. The molecular weight excluding hydrogens is 571 g/mol. The van der Waals surface area contributed by atoms with Crippen molar-refractivity contribution in [3.8, 4) is 0 Å². The van der Waals surface area contributed by atoms with E-state index in [0.717, 1.165) is 34.2 Å². The molecule has 0 saturated carbocycles. The molecule has 0 spiro atoms. The number of aliphatic imine (C=N–C) groups is 4. The minimum absolute atomic E-state index is 0. The van der Waals surface area contributed by atoms with Crippen LogP contribution in [0.25, 0.3) is 0 Å². The van der Waals surface area contributed by atoms with Crippen LogP contribution in [0.2, 0.25) is 0 Å². The van der Waals surface area contributed by atoms with Crippen LogP contribution in [0.5, 0.6) is 0 Å². The molecule has 226 valence electrons. The summed E-state index contributed by atoms with van der Waals surface area (Å²) in [6.07, 6.45) is 3.70. The maximum atomic E-state index is 4.70. The summed E-state index contributed by atoms with van der Waals surface area (Å²) >= 11 is 0. The van der Waals surface area contributed by atoms with Gasteiger partial charge in [-0.3, -0.25) is 20.0 Å². The quantitative estimate of drug-likeness (QED) is 0.153. The molecule has 0 atom stereocenters. The normalized spacial score (nSPS) is 11.9. The molecule has 0 aliphatic rings. The van der Waals surface area contributed by atoms with E-state index in [0.29, 0.717) is 0 Å². The third-order valence-corrected chi connectivity index (χ3v) is 7.10. The van der Waals surface area contributed by atoms with Gasteiger partial charge in [-0.1, -0.05) is 72.8 Å². The fourth-order valence-corrected chi connectivity index (χ4v) is 4.71. The van der Waals surface area contributed by atoms with Crippen LogP contribution in [0.15, 0.2) is 92.8 Å². The first-order valence-electron chi connectivity index (χ1n) is 14.4. The Bertz CT molecular complexity index is 1470.